The number of pyridine rings is 1. The molecule has 174 valence electrons. The van der Waals surface area contributed by atoms with Crippen molar-refractivity contribution >= 4 is 5.69 Å². The molecule has 0 spiro atoms. The number of aromatic amines is 1. The molecule has 0 amide bonds. The fraction of sp³-hybridized carbons (Fsp3) is 0.259. The maximum atomic E-state index is 5.56. The monoisotopic (exact) mass is 455 g/mol. The molecule has 2 aromatic heterocycles. The summed E-state index contributed by atoms with van der Waals surface area (Å²) in [6.07, 6.45) is 3.64. The van der Waals surface area contributed by atoms with Crippen LogP contribution in [0.15, 0.2) is 73.2 Å². The van der Waals surface area contributed by atoms with Gasteiger partial charge in [-0.2, -0.15) is 4.98 Å². The Morgan fingerprint density at radius 3 is 2.56 bits per heavy atom. The summed E-state index contributed by atoms with van der Waals surface area (Å²) < 4.78 is 10.8. The number of nitrogens with zero attached hydrogens (tertiary/aromatic N) is 4. The van der Waals surface area contributed by atoms with Gasteiger partial charge in [0.2, 0.25) is 11.8 Å². The summed E-state index contributed by atoms with van der Waals surface area (Å²) in [6, 6.07) is 21.3. The van der Waals surface area contributed by atoms with Crippen LogP contribution in [0, 0.1) is 0 Å². The SMILES string of the molecule is COc1ccc(CN2CCN(Cc3cnc[nH]3)c3ccc(-c4ccccc4)cc3C2)c(OC)n1. The predicted molar refractivity (Wildman–Crippen MR) is 133 cm³/mol. The number of hydrogen-bond donors (Lipinski definition) is 1. The second kappa shape index (κ2) is 9.97. The van der Waals surface area contributed by atoms with Crippen molar-refractivity contribution in [2.75, 3.05) is 32.2 Å². The first-order valence-corrected chi connectivity index (χ1v) is 11.4. The zero-order valence-corrected chi connectivity index (χ0v) is 19.6. The molecule has 0 saturated heterocycles. The predicted octanol–water partition coefficient (Wildman–Crippen LogP) is 4.51. The number of ether oxygens (including phenoxy) is 2. The van der Waals surface area contributed by atoms with Crippen molar-refractivity contribution in [3.63, 3.8) is 0 Å². The molecule has 0 bridgehead atoms. The van der Waals surface area contributed by atoms with Crippen LogP contribution in [0.5, 0.6) is 11.8 Å². The molecule has 0 atom stereocenters. The third-order valence-corrected chi connectivity index (χ3v) is 6.23. The number of aromatic nitrogens is 3. The van der Waals surface area contributed by atoms with Crippen molar-refractivity contribution in [3.8, 4) is 22.9 Å². The molecule has 2 aromatic carbocycles. The minimum absolute atomic E-state index is 0.556. The molecule has 34 heavy (non-hydrogen) atoms. The van der Waals surface area contributed by atoms with Crippen LogP contribution in [-0.2, 0) is 19.6 Å². The zero-order valence-electron chi connectivity index (χ0n) is 19.6. The van der Waals surface area contributed by atoms with E-state index in [1.165, 1.54) is 22.4 Å². The van der Waals surface area contributed by atoms with Crippen molar-refractivity contribution in [1.82, 2.24) is 19.9 Å². The Balaban J connectivity index is 1.47. The number of hydrogen-bond acceptors (Lipinski definition) is 6. The van der Waals surface area contributed by atoms with Gasteiger partial charge in [-0.3, -0.25) is 4.90 Å². The molecule has 0 fully saturated rings. The van der Waals surface area contributed by atoms with E-state index in [0.29, 0.717) is 11.8 Å². The third kappa shape index (κ3) is 4.75. The van der Waals surface area contributed by atoms with E-state index in [9.17, 15) is 0 Å². The maximum Gasteiger partial charge on any atom is 0.220 e. The Morgan fingerprint density at radius 1 is 0.912 bits per heavy atom. The first-order chi connectivity index (χ1) is 16.7. The summed E-state index contributed by atoms with van der Waals surface area (Å²) in [6.45, 7) is 4.19. The Labute approximate surface area is 200 Å². The van der Waals surface area contributed by atoms with Gasteiger partial charge in [-0.15, -0.1) is 0 Å². The van der Waals surface area contributed by atoms with E-state index in [2.05, 4.69) is 73.3 Å². The minimum Gasteiger partial charge on any atom is -0.481 e. The zero-order chi connectivity index (χ0) is 23.3. The normalized spacial score (nSPS) is 13.9. The lowest BCUT2D eigenvalue weighted by atomic mass is 10.0. The van der Waals surface area contributed by atoms with Gasteiger partial charge in [0.1, 0.15) is 0 Å². The number of imidazole rings is 1. The molecule has 0 unspecified atom stereocenters. The lowest BCUT2D eigenvalue weighted by Crippen LogP contribution is -2.31. The van der Waals surface area contributed by atoms with Gasteiger partial charge in [-0.05, 0) is 34.9 Å². The van der Waals surface area contributed by atoms with Gasteiger partial charge in [-0.25, -0.2) is 4.98 Å². The highest BCUT2D eigenvalue weighted by Crippen LogP contribution is 2.32. The van der Waals surface area contributed by atoms with Crippen LogP contribution in [0.1, 0.15) is 16.8 Å². The van der Waals surface area contributed by atoms with Gasteiger partial charge in [0.25, 0.3) is 0 Å². The Kier molecular flexibility index (Phi) is 6.44. The Hall–Kier alpha value is -3.84. The van der Waals surface area contributed by atoms with Crippen LogP contribution in [0.2, 0.25) is 0 Å². The molecule has 0 saturated carbocycles. The maximum absolute atomic E-state index is 5.56. The Morgan fingerprint density at radius 2 is 1.79 bits per heavy atom. The van der Waals surface area contributed by atoms with Gasteiger partial charge in [0.05, 0.1) is 32.8 Å². The smallest absolute Gasteiger partial charge is 0.220 e. The first-order valence-electron chi connectivity index (χ1n) is 11.4. The summed E-state index contributed by atoms with van der Waals surface area (Å²) in [5.41, 5.74) is 7.17. The summed E-state index contributed by atoms with van der Waals surface area (Å²) in [7, 11) is 3.27. The molecule has 1 N–H and O–H groups in total. The van der Waals surface area contributed by atoms with E-state index in [-0.39, 0.29) is 0 Å². The number of benzene rings is 2. The van der Waals surface area contributed by atoms with E-state index in [0.717, 1.165) is 44.0 Å². The highest BCUT2D eigenvalue weighted by atomic mass is 16.5. The summed E-state index contributed by atoms with van der Waals surface area (Å²) in [5, 5.41) is 0. The van der Waals surface area contributed by atoms with Gasteiger partial charge in [0.15, 0.2) is 0 Å². The lowest BCUT2D eigenvalue weighted by molar-refractivity contribution is 0.261. The average molecular weight is 456 g/mol. The molecule has 0 radical (unpaired) electrons. The van der Waals surface area contributed by atoms with Gasteiger partial charge < -0.3 is 19.4 Å². The van der Waals surface area contributed by atoms with Crippen LogP contribution in [0.3, 0.4) is 0 Å². The molecule has 7 heteroatoms. The van der Waals surface area contributed by atoms with E-state index in [1.807, 2.05) is 18.3 Å². The van der Waals surface area contributed by atoms with Crippen LogP contribution in [0.4, 0.5) is 5.69 Å². The minimum atomic E-state index is 0.556. The fourth-order valence-electron chi connectivity index (χ4n) is 4.51. The average Bonchev–Trinajstić information content (AvgIpc) is 3.34. The molecule has 4 aromatic rings. The van der Waals surface area contributed by atoms with Crippen LogP contribution in [-0.4, -0.2) is 47.2 Å². The molecular weight excluding hydrogens is 426 g/mol. The van der Waals surface area contributed by atoms with Gasteiger partial charge >= 0.3 is 0 Å². The number of anilines is 1. The summed E-state index contributed by atoms with van der Waals surface area (Å²) in [4.78, 5) is 16.8. The standard InChI is InChI=1S/C27H29N5O2/c1-33-26-11-9-22(27(30-26)34-2)16-31-12-13-32(18-24-15-28-19-29-24)25-10-8-21(14-23(25)17-31)20-6-4-3-5-7-20/h3-11,14-15,19H,12-13,16-18H2,1-2H3,(H,28,29). The van der Waals surface area contributed by atoms with Crippen molar-refractivity contribution in [2.24, 2.45) is 0 Å². The van der Waals surface area contributed by atoms with Crippen molar-refractivity contribution in [2.45, 2.75) is 19.6 Å². The van der Waals surface area contributed by atoms with E-state index >= 15 is 0 Å². The Bertz CT molecular complexity index is 1230. The summed E-state index contributed by atoms with van der Waals surface area (Å²) >= 11 is 0. The van der Waals surface area contributed by atoms with Crippen LogP contribution in [0.25, 0.3) is 11.1 Å². The van der Waals surface area contributed by atoms with Crippen molar-refractivity contribution in [3.05, 3.63) is 90.0 Å². The number of fused-ring (bicyclic) bond motifs is 1. The molecular formula is C27H29N5O2. The van der Waals surface area contributed by atoms with E-state index in [1.54, 1.807) is 20.5 Å². The molecule has 1 aliphatic heterocycles. The second-order valence-electron chi connectivity index (χ2n) is 8.44. The number of nitrogens with one attached hydrogen (secondary N) is 1. The number of H-pyrrole nitrogens is 1. The van der Waals surface area contributed by atoms with Crippen molar-refractivity contribution < 1.29 is 9.47 Å². The third-order valence-electron chi connectivity index (χ3n) is 6.23. The van der Waals surface area contributed by atoms with Gasteiger partial charge in [0, 0.05) is 49.7 Å². The topological polar surface area (TPSA) is 66.5 Å². The molecule has 0 aliphatic carbocycles. The summed E-state index contributed by atoms with van der Waals surface area (Å²) in [5.74, 6) is 1.16. The van der Waals surface area contributed by atoms with E-state index in [4.69, 9.17) is 9.47 Å². The number of rotatable bonds is 7. The largest absolute Gasteiger partial charge is 0.481 e. The molecule has 1 aliphatic rings. The fourth-order valence-corrected chi connectivity index (χ4v) is 4.51. The van der Waals surface area contributed by atoms with E-state index < -0.39 is 0 Å². The molecule has 3 heterocycles. The second-order valence-corrected chi connectivity index (χ2v) is 8.44. The number of methoxy groups -OCH3 is 2. The quantitative estimate of drug-likeness (QED) is 0.442. The van der Waals surface area contributed by atoms with Crippen LogP contribution >= 0.6 is 0 Å². The van der Waals surface area contributed by atoms with Gasteiger partial charge in [-0.1, -0.05) is 36.4 Å². The first kappa shape index (κ1) is 22.0. The lowest BCUT2D eigenvalue weighted by Gasteiger charge is -2.24. The molecule has 7 nitrogen and oxygen atoms in total. The van der Waals surface area contributed by atoms with Crippen LogP contribution < -0.4 is 14.4 Å². The molecule has 5 rings (SSSR count). The van der Waals surface area contributed by atoms with Crippen molar-refractivity contribution in [1.29, 1.82) is 0 Å². The highest BCUT2D eigenvalue weighted by molar-refractivity contribution is 5.69. The highest BCUT2D eigenvalue weighted by Gasteiger charge is 2.22.